The van der Waals surface area contributed by atoms with Gasteiger partial charge < -0.3 is 15.5 Å². The Labute approximate surface area is 91.8 Å². The predicted octanol–water partition coefficient (Wildman–Crippen LogP) is -0.373. The van der Waals surface area contributed by atoms with Crippen LogP contribution in [0.4, 0.5) is 5.69 Å². The zero-order valence-electron chi connectivity index (χ0n) is 8.15. The Kier molecular flexibility index (Phi) is 3.15. The van der Waals surface area contributed by atoms with E-state index in [1.54, 1.807) is 0 Å². The maximum atomic E-state index is 11.0. The third kappa shape index (κ3) is 2.60. The lowest BCUT2D eigenvalue weighted by Gasteiger charge is -2.11. The quantitative estimate of drug-likeness (QED) is 0.325. The van der Waals surface area contributed by atoms with Gasteiger partial charge in [-0.3, -0.25) is 9.12 Å². The monoisotopic (exact) mass is 267 g/mol. The molecule has 5 N–H and O–H groups in total. The van der Waals surface area contributed by atoms with Gasteiger partial charge in [0.25, 0.3) is 10.1 Å². The second-order valence-corrected chi connectivity index (χ2v) is 6.16. The lowest BCUT2D eigenvalue weighted by atomic mass is 10.2. The summed E-state index contributed by atoms with van der Waals surface area (Å²) in [5, 5.41) is -0.364. The van der Waals surface area contributed by atoms with Gasteiger partial charge >= 0.3 is 7.60 Å². The van der Waals surface area contributed by atoms with E-state index in [1.165, 1.54) is 6.92 Å². The first kappa shape index (κ1) is 13.1. The van der Waals surface area contributed by atoms with Crippen LogP contribution in [0.1, 0.15) is 5.56 Å². The summed E-state index contributed by atoms with van der Waals surface area (Å²) in [4.78, 5) is 17.3. The second kappa shape index (κ2) is 3.83. The molecule has 0 amide bonds. The second-order valence-electron chi connectivity index (χ2n) is 3.20. The summed E-state index contributed by atoms with van der Waals surface area (Å²) in [6.45, 7) is 1.31. The summed E-state index contributed by atoms with van der Waals surface area (Å²) < 4.78 is 41.5. The number of nitrogen functional groups attached to an aromatic ring is 1. The normalized spacial score (nSPS) is 12.8. The highest BCUT2D eigenvalue weighted by Crippen LogP contribution is 2.36. The zero-order valence-corrected chi connectivity index (χ0v) is 9.86. The van der Waals surface area contributed by atoms with Crippen LogP contribution in [0.25, 0.3) is 0 Å². The third-order valence-electron chi connectivity index (χ3n) is 1.92. The molecular weight excluding hydrogens is 257 g/mol. The summed E-state index contributed by atoms with van der Waals surface area (Å²) >= 11 is 0. The number of anilines is 1. The number of hydrogen-bond donors (Lipinski definition) is 4. The summed E-state index contributed by atoms with van der Waals surface area (Å²) in [7, 11) is -9.01. The molecule has 0 unspecified atom stereocenters. The predicted molar refractivity (Wildman–Crippen MR) is 57.1 cm³/mol. The molecule has 1 rings (SSSR count). The first-order valence-corrected chi connectivity index (χ1v) is 7.02. The molecular formula is C7H10NO6PS. The summed E-state index contributed by atoms with van der Waals surface area (Å²) in [6.07, 6.45) is 0. The number of aryl methyl sites for hydroxylation is 1. The van der Waals surface area contributed by atoms with E-state index < -0.39 is 28.3 Å². The molecule has 0 bridgehead atoms. The molecule has 9 heteroatoms. The lowest BCUT2D eigenvalue weighted by molar-refractivity contribution is 0.387. The maximum Gasteiger partial charge on any atom is 0.356 e. The van der Waals surface area contributed by atoms with Crippen LogP contribution in [0.2, 0.25) is 0 Å². The van der Waals surface area contributed by atoms with Gasteiger partial charge in [0.2, 0.25) is 0 Å². The van der Waals surface area contributed by atoms with Crippen LogP contribution >= 0.6 is 7.60 Å². The van der Waals surface area contributed by atoms with E-state index in [0.29, 0.717) is 0 Å². The van der Waals surface area contributed by atoms with Gasteiger partial charge in [-0.05, 0) is 24.6 Å². The van der Waals surface area contributed by atoms with Crippen LogP contribution in [0.3, 0.4) is 0 Å². The minimum Gasteiger partial charge on any atom is -0.398 e. The molecule has 0 saturated heterocycles. The minimum absolute atomic E-state index is 0.0372. The fraction of sp³-hybridized carbons (Fsp3) is 0.143. The molecule has 0 radical (unpaired) electrons. The van der Waals surface area contributed by atoms with E-state index in [9.17, 15) is 13.0 Å². The molecule has 0 aliphatic carbocycles. The maximum absolute atomic E-state index is 11.0. The Morgan fingerprint density at radius 1 is 1.31 bits per heavy atom. The van der Waals surface area contributed by atoms with E-state index in [1.807, 2.05) is 0 Å². The van der Waals surface area contributed by atoms with E-state index in [4.69, 9.17) is 20.1 Å². The molecule has 0 atom stereocenters. The van der Waals surface area contributed by atoms with Crippen molar-refractivity contribution in [2.75, 3.05) is 5.73 Å². The number of rotatable bonds is 2. The van der Waals surface area contributed by atoms with Crippen LogP contribution < -0.4 is 11.0 Å². The van der Waals surface area contributed by atoms with Crippen molar-refractivity contribution in [2.24, 2.45) is 0 Å². The van der Waals surface area contributed by atoms with Crippen LogP contribution in [0, 0.1) is 6.92 Å². The van der Waals surface area contributed by atoms with Crippen molar-refractivity contribution < 1.29 is 27.3 Å². The van der Waals surface area contributed by atoms with Crippen LogP contribution in [-0.2, 0) is 14.7 Å². The van der Waals surface area contributed by atoms with Gasteiger partial charge in [0.1, 0.15) is 4.90 Å². The highest BCUT2D eigenvalue weighted by molar-refractivity contribution is 7.86. The van der Waals surface area contributed by atoms with E-state index in [2.05, 4.69) is 0 Å². The molecule has 0 saturated carbocycles. The van der Waals surface area contributed by atoms with Crippen LogP contribution in [-0.4, -0.2) is 22.8 Å². The minimum atomic E-state index is -4.51. The summed E-state index contributed by atoms with van der Waals surface area (Å²) in [5.74, 6) is 0. The molecule has 90 valence electrons. The van der Waals surface area contributed by atoms with Crippen molar-refractivity contribution >= 4 is 28.7 Å². The Balaban J connectivity index is 3.58. The van der Waals surface area contributed by atoms with Crippen molar-refractivity contribution in [1.82, 2.24) is 0 Å². The first-order chi connectivity index (χ1) is 7.03. The van der Waals surface area contributed by atoms with Gasteiger partial charge in [-0.25, -0.2) is 0 Å². The Bertz CT molecular complexity index is 575. The average molecular weight is 267 g/mol. The third-order valence-corrected chi connectivity index (χ3v) is 3.94. The largest absolute Gasteiger partial charge is 0.398 e. The van der Waals surface area contributed by atoms with Gasteiger partial charge in [0, 0.05) is 0 Å². The smallest absolute Gasteiger partial charge is 0.356 e. The van der Waals surface area contributed by atoms with E-state index in [0.717, 1.165) is 12.1 Å². The lowest BCUT2D eigenvalue weighted by Crippen LogP contribution is -2.13. The van der Waals surface area contributed by atoms with Crippen LogP contribution in [0.5, 0.6) is 0 Å². The highest BCUT2D eigenvalue weighted by atomic mass is 32.2. The molecule has 0 aliphatic rings. The average Bonchev–Trinajstić information content (AvgIpc) is 2.04. The molecule has 7 nitrogen and oxygen atoms in total. The molecule has 0 aliphatic heterocycles. The van der Waals surface area contributed by atoms with Gasteiger partial charge in [0.15, 0.2) is 0 Å². The van der Waals surface area contributed by atoms with Gasteiger partial charge in [0.05, 0.1) is 11.0 Å². The van der Waals surface area contributed by atoms with Crippen molar-refractivity contribution in [3.63, 3.8) is 0 Å². The van der Waals surface area contributed by atoms with Gasteiger partial charge in [-0.15, -0.1) is 0 Å². The molecule has 0 aromatic heterocycles. The standard InChI is InChI=1S/C7H10NO6PS/c1-4-2-7(16(12,13)14)5(8)3-6(4)15(9,10)11/h2-3H,8H2,1H3,(H2,9,10,11)(H,12,13,14). The van der Waals surface area contributed by atoms with E-state index >= 15 is 0 Å². The van der Waals surface area contributed by atoms with Crippen molar-refractivity contribution in [3.8, 4) is 0 Å². The number of hydrogen-bond acceptors (Lipinski definition) is 4. The zero-order chi connectivity index (χ0) is 12.7. The Hall–Kier alpha value is -0.920. The van der Waals surface area contributed by atoms with Crippen LogP contribution in [0.15, 0.2) is 17.0 Å². The number of benzene rings is 1. The van der Waals surface area contributed by atoms with Crippen molar-refractivity contribution in [1.29, 1.82) is 0 Å². The number of nitrogens with two attached hydrogens (primary N) is 1. The fourth-order valence-corrected chi connectivity index (χ4v) is 2.74. The van der Waals surface area contributed by atoms with Gasteiger partial charge in [-0.2, -0.15) is 8.42 Å². The molecule has 0 fully saturated rings. The van der Waals surface area contributed by atoms with Crippen molar-refractivity contribution in [3.05, 3.63) is 17.7 Å². The summed E-state index contributed by atoms with van der Waals surface area (Å²) in [5.41, 5.74) is 4.92. The first-order valence-electron chi connectivity index (χ1n) is 3.97. The molecule has 0 heterocycles. The molecule has 1 aromatic rings. The van der Waals surface area contributed by atoms with E-state index in [-0.39, 0.29) is 10.9 Å². The Morgan fingerprint density at radius 2 is 1.81 bits per heavy atom. The SMILES string of the molecule is Cc1cc(S(=O)(=O)O)c(N)cc1P(=O)(O)O. The molecule has 1 aromatic carbocycles. The van der Waals surface area contributed by atoms with Gasteiger partial charge in [-0.1, -0.05) is 0 Å². The highest BCUT2D eigenvalue weighted by Gasteiger charge is 2.24. The fourth-order valence-electron chi connectivity index (χ4n) is 1.22. The molecule has 16 heavy (non-hydrogen) atoms. The van der Waals surface area contributed by atoms with Crippen molar-refractivity contribution in [2.45, 2.75) is 11.8 Å². The molecule has 0 spiro atoms. The topological polar surface area (TPSA) is 138 Å². The summed E-state index contributed by atoms with van der Waals surface area (Å²) in [6, 6.07) is 1.76. The Morgan fingerprint density at radius 3 is 2.19 bits per heavy atom.